The molecular weight excluding hydrogens is 197 g/mol. The molecule has 1 amide bonds. The van der Waals surface area contributed by atoms with E-state index in [1.165, 1.54) is 0 Å². The van der Waals surface area contributed by atoms with Crippen LogP contribution in [0.25, 0.3) is 0 Å². The first kappa shape index (κ1) is 10.7. The monoisotopic (exact) mass is 215 g/mol. The Morgan fingerprint density at radius 1 is 1.47 bits per heavy atom. The van der Waals surface area contributed by atoms with Crippen LogP contribution in [-0.4, -0.2) is 23.9 Å². The third-order valence-electron chi connectivity index (χ3n) is 3.47. The molecular formula is C11H18FNO2. The molecule has 0 radical (unpaired) electrons. The van der Waals surface area contributed by atoms with E-state index < -0.39 is 18.4 Å². The van der Waals surface area contributed by atoms with Gasteiger partial charge in [-0.3, -0.25) is 0 Å². The van der Waals surface area contributed by atoms with E-state index in [2.05, 4.69) is 5.32 Å². The maximum Gasteiger partial charge on any atom is 0.407 e. The highest BCUT2D eigenvalue weighted by molar-refractivity contribution is 5.69. The molecule has 86 valence electrons. The zero-order valence-electron chi connectivity index (χ0n) is 9.25. The van der Waals surface area contributed by atoms with E-state index in [-0.39, 0.29) is 11.5 Å². The van der Waals surface area contributed by atoms with E-state index in [0.29, 0.717) is 6.42 Å². The lowest BCUT2D eigenvalue weighted by atomic mass is 10.1. The van der Waals surface area contributed by atoms with E-state index in [9.17, 15) is 9.18 Å². The van der Waals surface area contributed by atoms with Crippen LogP contribution >= 0.6 is 0 Å². The second-order valence-corrected chi connectivity index (χ2v) is 5.13. The van der Waals surface area contributed by atoms with Gasteiger partial charge in [0, 0.05) is 5.54 Å². The molecule has 0 aromatic carbocycles. The fourth-order valence-corrected chi connectivity index (χ4v) is 1.96. The van der Waals surface area contributed by atoms with Crippen LogP contribution in [0.5, 0.6) is 0 Å². The van der Waals surface area contributed by atoms with Crippen molar-refractivity contribution in [3.63, 3.8) is 0 Å². The van der Waals surface area contributed by atoms with Crippen molar-refractivity contribution < 1.29 is 13.9 Å². The summed E-state index contributed by atoms with van der Waals surface area (Å²) in [5.74, 6) is 0.0133. The highest BCUT2D eigenvalue weighted by Crippen LogP contribution is 2.35. The number of ether oxygens (including phenoxy) is 1. The minimum absolute atomic E-state index is 0.0133. The molecule has 0 saturated heterocycles. The fraction of sp³-hybridized carbons (Fsp3) is 0.909. The largest absolute Gasteiger partial charge is 0.443 e. The Balaban J connectivity index is 1.79. The molecule has 3 atom stereocenters. The second kappa shape index (κ2) is 3.65. The summed E-state index contributed by atoms with van der Waals surface area (Å²) in [5, 5.41) is 2.76. The van der Waals surface area contributed by atoms with Gasteiger partial charge in [0.05, 0.1) is 0 Å². The predicted molar refractivity (Wildman–Crippen MR) is 54.3 cm³/mol. The van der Waals surface area contributed by atoms with Gasteiger partial charge in [-0.1, -0.05) is 6.92 Å². The summed E-state index contributed by atoms with van der Waals surface area (Å²) < 4.78 is 18.6. The maximum atomic E-state index is 13.5. The molecule has 0 aromatic heterocycles. The SMILES string of the molecule is C[C@H]1CC[C@@H](OC(=O)NC2(C)CC2)[C@H]1F. The quantitative estimate of drug-likeness (QED) is 0.768. The number of alkyl halides is 1. The van der Waals surface area contributed by atoms with Crippen molar-refractivity contribution in [3.05, 3.63) is 0 Å². The Morgan fingerprint density at radius 2 is 2.13 bits per heavy atom. The highest BCUT2D eigenvalue weighted by atomic mass is 19.1. The molecule has 15 heavy (non-hydrogen) atoms. The summed E-state index contributed by atoms with van der Waals surface area (Å²) in [6.45, 7) is 3.83. The molecule has 2 rings (SSSR count). The van der Waals surface area contributed by atoms with Gasteiger partial charge in [-0.05, 0) is 38.5 Å². The standard InChI is InChI=1S/C11H18FNO2/c1-7-3-4-8(9(7)12)15-10(14)13-11(2)5-6-11/h7-9H,3-6H2,1-2H3,(H,13,14)/t7-,8+,9-/m0/s1. The molecule has 0 unspecified atom stereocenters. The smallest absolute Gasteiger partial charge is 0.407 e. The average Bonchev–Trinajstić information content (AvgIpc) is 2.80. The third kappa shape index (κ3) is 2.41. The zero-order valence-corrected chi connectivity index (χ0v) is 9.25. The normalized spacial score (nSPS) is 37.4. The van der Waals surface area contributed by atoms with Crippen molar-refractivity contribution in [1.82, 2.24) is 5.32 Å². The molecule has 2 fully saturated rings. The van der Waals surface area contributed by atoms with Gasteiger partial charge >= 0.3 is 6.09 Å². The number of hydrogen-bond acceptors (Lipinski definition) is 2. The van der Waals surface area contributed by atoms with Gasteiger partial charge in [-0.25, -0.2) is 9.18 Å². The second-order valence-electron chi connectivity index (χ2n) is 5.13. The van der Waals surface area contributed by atoms with Gasteiger partial charge in [0.2, 0.25) is 0 Å². The average molecular weight is 215 g/mol. The first-order valence-corrected chi connectivity index (χ1v) is 5.63. The van der Waals surface area contributed by atoms with E-state index in [4.69, 9.17) is 4.74 Å². The van der Waals surface area contributed by atoms with Crippen LogP contribution in [0.2, 0.25) is 0 Å². The van der Waals surface area contributed by atoms with Crippen molar-refractivity contribution in [2.45, 2.75) is 57.3 Å². The van der Waals surface area contributed by atoms with Crippen LogP contribution in [0.4, 0.5) is 9.18 Å². The molecule has 3 nitrogen and oxygen atoms in total. The maximum absolute atomic E-state index is 13.5. The predicted octanol–water partition coefficient (Wildman–Crippen LogP) is 2.40. The Kier molecular flexibility index (Phi) is 2.61. The number of amides is 1. The lowest BCUT2D eigenvalue weighted by molar-refractivity contribution is 0.0499. The minimum Gasteiger partial charge on any atom is -0.443 e. The van der Waals surface area contributed by atoms with Gasteiger partial charge in [0.1, 0.15) is 12.3 Å². The molecule has 0 aromatic rings. The van der Waals surface area contributed by atoms with E-state index >= 15 is 0 Å². The van der Waals surface area contributed by atoms with Gasteiger partial charge < -0.3 is 10.1 Å². The fourth-order valence-electron chi connectivity index (χ4n) is 1.96. The Hall–Kier alpha value is -0.800. The third-order valence-corrected chi connectivity index (χ3v) is 3.47. The lowest BCUT2D eigenvalue weighted by Crippen LogP contribution is -2.38. The van der Waals surface area contributed by atoms with Crippen LogP contribution in [0.1, 0.15) is 39.5 Å². The number of alkyl carbamates (subject to hydrolysis) is 1. The van der Waals surface area contributed by atoms with E-state index in [1.807, 2.05) is 13.8 Å². The first-order valence-electron chi connectivity index (χ1n) is 5.63. The summed E-state index contributed by atoms with van der Waals surface area (Å²) in [5.41, 5.74) is -0.0902. The Bertz CT molecular complexity index is 265. The van der Waals surface area contributed by atoms with Crippen LogP contribution in [-0.2, 0) is 4.74 Å². The van der Waals surface area contributed by atoms with Gasteiger partial charge in [-0.2, -0.15) is 0 Å². The summed E-state index contributed by atoms with van der Waals surface area (Å²) in [4.78, 5) is 11.4. The highest BCUT2D eigenvalue weighted by Gasteiger charge is 2.41. The van der Waals surface area contributed by atoms with Crippen molar-refractivity contribution in [2.75, 3.05) is 0 Å². The number of nitrogens with one attached hydrogen (secondary N) is 1. The molecule has 1 N–H and O–H groups in total. The molecule has 4 heteroatoms. The molecule has 2 aliphatic carbocycles. The molecule has 2 aliphatic rings. The Morgan fingerprint density at radius 3 is 2.60 bits per heavy atom. The molecule has 2 saturated carbocycles. The van der Waals surface area contributed by atoms with E-state index in [0.717, 1.165) is 19.3 Å². The molecule has 0 bridgehead atoms. The van der Waals surface area contributed by atoms with Crippen molar-refractivity contribution in [2.24, 2.45) is 5.92 Å². The van der Waals surface area contributed by atoms with Crippen LogP contribution in [0, 0.1) is 5.92 Å². The number of carbonyl (C=O) groups excluding carboxylic acids is 1. The van der Waals surface area contributed by atoms with Crippen molar-refractivity contribution in [3.8, 4) is 0 Å². The van der Waals surface area contributed by atoms with E-state index in [1.54, 1.807) is 0 Å². The first-order chi connectivity index (χ1) is 7.00. The molecule has 0 spiro atoms. The molecule has 0 heterocycles. The van der Waals surface area contributed by atoms with Crippen LogP contribution < -0.4 is 5.32 Å². The summed E-state index contributed by atoms with van der Waals surface area (Å²) in [6, 6.07) is 0. The number of carbonyl (C=O) groups is 1. The van der Waals surface area contributed by atoms with Crippen molar-refractivity contribution >= 4 is 6.09 Å². The molecule has 0 aliphatic heterocycles. The number of halogens is 1. The summed E-state index contributed by atoms with van der Waals surface area (Å²) in [7, 11) is 0. The zero-order chi connectivity index (χ0) is 11.1. The van der Waals surface area contributed by atoms with Crippen LogP contribution in [0.3, 0.4) is 0 Å². The topological polar surface area (TPSA) is 38.3 Å². The lowest BCUT2D eigenvalue weighted by Gasteiger charge is -2.18. The number of rotatable bonds is 2. The van der Waals surface area contributed by atoms with Gasteiger partial charge in [-0.15, -0.1) is 0 Å². The van der Waals surface area contributed by atoms with Crippen LogP contribution in [0.15, 0.2) is 0 Å². The van der Waals surface area contributed by atoms with Gasteiger partial charge in [0.25, 0.3) is 0 Å². The minimum atomic E-state index is -0.997. The number of hydrogen-bond donors (Lipinski definition) is 1. The Labute approximate surface area is 89.4 Å². The van der Waals surface area contributed by atoms with Crippen molar-refractivity contribution in [1.29, 1.82) is 0 Å². The van der Waals surface area contributed by atoms with Gasteiger partial charge in [0.15, 0.2) is 0 Å². The summed E-state index contributed by atoms with van der Waals surface area (Å²) >= 11 is 0. The summed E-state index contributed by atoms with van der Waals surface area (Å²) in [6.07, 6.45) is 1.43.